The maximum atomic E-state index is 5.63. The maximum Gasteiger partial charge on any atom is 0.123 e. The number of para-hydroxylation sites is 1. The van der Waals surface area contributed by atoms with Crippen LogP contribution in [0.15, 0.2) is 24.3 Å². The van der Waals surface area contributed by atoms with Gasteiger partial charge in [0.1, 0.15) is 12.4 Å². The van der Waals surface area contributed by atoms with Gasteiger partial charge < -0.3 is 19.9 Å². The number of hydrogen-bond acceptors (Lipinski definition) is 4. The van der Waals surface area contributed by atoms with Crippen LogP contribution in [0.25, 0.3) is 0 Å². The van der Waals surface area contributed by atoms with E-state index >= 15 is 0 Å². The lowest BCUT2D eigenvalue weighted by molar-refractivity contribution is 0.0282. The van der Waals surface area contributed by atoms with Gasteiger partial charge in [0.15, 0.2) is 0 Å². The van der Waals surface area contributed by atoms with E-state index in [4.69, 9.17) is 19.9 Å². The summed E-state index contributed by atoms with van der Waals surface area (Å²) in [7, 11) is 0. The predicted octanol–water partition coefficient (Wildman–Crippen LogP) is 2.21. The van der Waals surface area contributed by atoms with Gasteiger partial charge in [-0.3, -0.25) is 0 Å². The van der Waals surface area contributed by atoms with E-state index in [1.807, 2.05) is 24.3 Å². The van der Waals surface area contributed by atoms with E-state index < -0.39 is 0 Å². The molecule has 2 N–H and O–H groups in total. The van der Waals surface area contributed by atoms with Gasteiger partial charge in [0.2, 0.25) is 0 Å². The second-order valence-corrected chi connectivity index (χ2v) is 4.74. The molecule has 0 aliphatic rings. The standard InChI is InChI=1S/C15H25NO3/c1-13(2)12-18-8-7-17-9-10-19-15-6-4-3-5-14(15)11-16/h3-6,13H,7-12,16H2,1-2H3. The van der Waals surface area contributed by atoms with Gasteiger partial charge in [0.05, 0.1) is 19.8 Å². The van der Waals surface area contributed by atoms with E-state index in [0.29, 0.717) is 38.9 Å². The zero-order valence-electron chi connectivity index (χ0n) is 11.9. The molecule has 108 valence electrons. The SMILES string of the molecule is CC(C)COCCOCCOc1ccccc1CN. The van der Waals surface area contributed by atoms with Gasteiger partial charge in [-0.05, 0) is 12.0 Å². The highest BCUT2D eigenvalue weighted by molar-refractivity contribution is 5.32. The highest BCUT2D eigenvalue weighted by Gasteiger charge is 2.00. The zero-order chi connectivity index (χ0) is 13.9. The molecule has 0 aliphatic carbocycles. The van der Waals surface area contributed by atoms with Gasteiger partial charge in [0.25, 0.3) is 0 Å². The molecule has 1 aromatic carbocycles. The van der Waals surface area contributed by atoms with Crippen LogP contribution < -0.4 is 10.5 Å². The first-order chi connectivity index (χ1) is 9.24. The summed E-state index contributed by atoms with van der Waals surface area (Å²) in [6, 6.07) is 7.79. The summed E-state index contributed by atoms with van der Waals surface area (Å²) in [6.07, 6.45) is 0. The first kappa shape index (κ1) is 16.0. The first-order valence-corrected chi connectivity index (χ1v) is 6.80. The second kappa shape index (κ2) is 9.78. The average Bonchev–Trinajstić information content (AvgIpc) is 2.42. The van der Waals surface area contributed by atoms with E-state index in [0.717, 1.165) is 17.9 Å². The van der Waals surface area contributed by atoms with Crippen LogP contribution >= 0.6 is 0 Å². The Morgan fingerprint density at radius 2 is 1.68 bits per heavy atom. The van der Waals surface area contributed by atoms with Gasteiger partial charge in [-0.25, -0.2) is 0 Å². The highest BCUT2D eigenvalue weighted by Crippen LogP contribution is 2.16. The van der Waals surface area contributed by atoms with Crippen molar-refractivity contribution in [2.24, 2.45) is 11.7 Å². The van der Waals surface area contributed by atoms with Crippen LogP contribution in [0.1, 0.15) is 19.4 Å². The van der Waals surface area contributed by atoms with Crippen molar-refractivity contribution in [3.05, 3.63) is 29.8 Å². The van der Waals surface area contributed by atoms with Gasteiger partial charge in [-0.15, -0.1) is 0 Å². The molecule has 0 aromatic heterocycles. The highest BCUT2D eigenvalue weighted by atomic mass is 16.5. The molecular weight excluding hydrogens is 242 g/mol. The van der Waals surface area contributed by atoms with Crippen LogP contribution in [-0.2, 0) is 16.0 Å². The molecule has 0 bridgehead atoms. The fourth-order valence-corrected chi connectivity index (χ4v) is 1.56. The fraction of sp³-hybridized carbons (Fsp3) is 0.600. The Kier molecular flexibility index (Phi) is 8.21. The molecule has 0 spiro atoms. The van der Waals surface area contributed by atoms with Crippen LogP contribution in [-0.4, -0.2) is 33.0 Å². The molecule has 0 unspecified atom stereocenters. The molecule has 0 radical (unpaired) electrons. The Hall–Kier alpha value is -1.10. The monoisotopic (exact) mass is 267 g/mol. The quantitative estimate of drug-likeness (QED) is 0.660. The van der Waals surface area contributed by atoms with Crippen LogP contribution in [0.5, 0.6) is 5.75 Å². The number of hydrogen-bond donors (Lipinski definition) is 1. The molecule has 19 heavy (non-hydrogen) atoms. The Morgan fingerprint density at radius 1 is 1.00 bits per heavy atom. The van der Waals surface area contributed by atoms with Crippen molar-refractivity contribution in [1.29, 1.82) is 0 Å². The number of nitrogens with two attached hydrogens (primary N) is 1. The van der Waals surface area contributed by atoms with Crippen molar-refractivity contribution >= 4 is 0 Å². The molecule has 0 aliphatic heterocycles. The third-order valence-corrected chi connectivity index (χ3v) is 2.50. The topological polar surface area (TPSA) is 53.7 Å². The van der Waals surface area contributed by atoms with Crippen molar-refractivity contribution in [2.75, 3.05) is 33.0 Å². The normalized spacial score (nSPS) is 10.9. The summed E-state index contributed by atoms with van der Waals surface area (Å²) in [5.41, 5.74) is 6.65. The first-order valence-electron chi connectivity index (χ1n) is 6.80. The Balaban J connectivity index is 2.04. The number of benzene rings is 1. The smallest absolute Gasteiger partial charge is 0.123 e. The van der Waals surface area contributed by atoms with E-state index in [2.05, 4.69) is 13.8 Å². The summed E-state index contributed by atoms with van der Waals surface area (Å²) >= 11 is 0. The van der Waals surface area contributed by atoms with Crippen molar-refractivity contribution < 1.29 is 14.2 Å². The minimum absolute atomic E-state index is 0.486. The second-order valence-electron chi connectivity index (χ2n) is 4.74. The Morgan fingerprint density at radius 3 is 2.42 bits per heavy atom. The van der Waals surface area contributed by atoms with E-state index in [1.165, 1.54) is 0 Å². The van der Waals surface area contributed by atoms with Gasteiger partial charge >= 0.3 is 0 Å². The Bertz CT molecular complexity index is 342. The lowest BCUT2D eigenvalue weighted by atomic mass is 10.2. The van der Waals surface area contributed by atoms with Gasteiger partial charge in [-0.1, -0.05) is 32.0 Å². The molecule has 0 atom stereocenters. The van der Waals surface area contributed by atoms with Crippen molar-refractivity contribution in [3.63, 3.8) is 0 Å². The maximum absolute atomic E-state index is 5.63. The minimum Gasteiger partial charge on any atom is -0.491 e. The lowest BCUT2D eigenvalue weighted by Gasteiger charge is -2.11. The third kappa shape index (κ3) is 7.15. The van der Waals surface area contributed by atoms with Crippen molar-refractivity contribution in [3.8, 4) is 5.75 Å². The summed E-state index contributed by atoms with van der Waals surface area (Å²) in [5.74, 6) is 1.40. The molecule has 4 heteroatoms. The van der Waals surface area contributed by atoms with Gasteiger partial charge in [-0.2, -0.15) is 0 Å². The third-order valence-electron chi connectivity index (χ3n) is 2.50. The molecule has 1 rings (SSSR count). The number of ether oxygens (including phenoxy) is 3. The van der Waals surface area contributed by atoms with Crippen LogP contribution in [0, 0.1) is 5.92 Å². The average molecular weight is 267 g/mol. The summed E-state index contributed by atoms with van der Waals surface area (Å²) in [5, 5.41) is 0. The molecule has 0 amide bonds. The molecule has 0 fully saturated rings. The van der Waals surface area contributed by atoms with E-state index in [9.17, 15) is 0 Å². The fourth-order valence-electron chi connectivity index (χ4n) is 1.56. The number of rotatable bonds is 10. The summed E-state index contributed by atoms with van der Waals surface area (Å²) in [6.45, 7) is 7.86. The van der Waals surface area contributed by atoms with Crippen molar-refractivity contribution in [1.82, 2.24) is 0 Å². The van der Waals surface area contributed by atoms with Crippen LogP contribution in [0.3, 0.4) is 0 Å². The molecule has 4 nitrogen and oxygen atoms in total. The molecule has 1 aromatic rings. The van der Waals surface area contributed by atoms with E-state index in [1.54, 1.807) is 0 Å². The largest absolute Gasteiger partial charge is 0.491 e. The van der Waals surface area contributed by atoms with Gasteiger partial charge in [0, 0.05) is 18.7 Å². The molecule has 0 saturated carbocycles. The Labute approximate surface area is 115 Å². The summed E-state index contributed by atoms with van der Waals surface area (Å²) < 4.78 is 16.5. The molecule has 0 saturated heterocycles. The predicted molar refractivity (Wildman–Crippen MR) is 76.3 cm³/mol. The van der Waals surface area contributed by atoms with Crippen LogP contribution in [0.2, 0.25) is 0 Å². The minimum atomic E-state index is 0.486. The lowest BCUT2D eigenvalue weighted by Crippen LogP contribution is -2.13. The molecular formula is C15H25NO3. The van der Waals surface area contributed by atoms with Crippen molar-refractivity contribution in [2.45, 2.75) is 20.4 Å². The molecule has 0 heterocycles. The zero-order valence-corrected chi connectivity index (χ0v) is 11.9. The van der Waals surface area contributed by atoms with E-state index in [-0.39, 0.29) is 0 Å². The van der Waals surface area contributed by atoms with Crippen LogP contribution in [0.4, 0.5) is 0 Å². The summed E-state index contributed by atoms with van der Waals surface area (Å²) in [4.78, 5) is 0.